The second-order valence-corrected chi connectivity index (χ2v) is 12.9. The minimum absolute atomic E-state index is 0.124. The molecule has 0 radical (unpaired) electrons. The van der Waals surface area contributed by atoms with E-state index in [1.54, 1.807) is 12.1 Å². The third kappa shape index (κ3) is 13.3. The van der Waals surface area contributed by atoms with Crippen LogP contribution in [-0.2, 0) is 11.3 Å². The molecule has 7 nitrogen and oxygen atoms in total. The molecular weight excluding hydrogens is 564 g/mol. The van der Waals surface area contributed by atoms with Gasteiger partial charge in [0.25, 0.3) is 0 Å². The first-order valence-corrected chi connectivity index (χ1v) is 16.5. The highest BCUT2D eigenvalue weighted by atomic mass is 35.5. The van der Waals surface area contributed by atoms with Crippen LogP contribution in [0.5, 0.6) is 0 Å². The van der Waals surface area contributed by atoms with Crippen LogP contribution in [0.2, 0.25) is 5.02 Å². The van der Waals surface area contributed by atoms with Gasteiger partial charge in [0.1, 0.15) is 0 Å². The molecule has 2 aromatic rings. The molecule has 5 unspecified atom stereocenters. The van der Waals surface area contributed by atoms with E-state index >= 15 is 0 Å². The fraction of sp³-hybridized carbons (Fsp3) is 0.629. The average Bonchev–Trinajstić information content (AvgIpc) is 3.14. The van der Waals surface area contributed by atoms with Crippen LogP contribution in [0.1, 0.15) is 80.6 Å². The van der Waals surface area contributed by atoms with Crippen LogP contribution in [0.25, 0.3) is 0 Å². The predicted molar refractivity (Wildman–Crippen MR) is 174 cm³/mol. The lowest BCUT2D eigenvalue weighted by Crippen LogP contribution is -2.46. The van der Waals surface area contributed by atoms with E-state index in [0.29, 0.717) is 18.2 Å². The number of benzene rings is 2. The number of carboxylic acids is 1. The van der Waals surface area contributed by atoms with Gasteiger partial charge in [-0.05, 0) is 88.5 Å². The number of likely N-dealkylation sites (N-methyl/N-ethyl adjacent to an activating group) is 1. The number of β-amino-alcohol motifs (C(OH)–C–C–N with tert-alkyl or cyclic N) is 1. The van der Waals surface area contributed by atoms with E-state index in [2.05, 4.69) is 48.0 Å². The minimum Gasteiger partial charge on any atom is -0.478 e. The summed E-state index contributed by atoms with van der Waals surface area (Å²) >= 11 is 5.52. The highest BCUT2D eigenvalue weighted by Gasteiger charge is 2.35. The normalized spacial score (nSPS) is 25.4. The number of halogens is 1. The van der Waals surface area contributed by atoms with Gasteiger partial charge in [-0.25, -0.2) is 4.79 Å². The van der Waals surface area contributed by atoms with E-state index < -0.39 is 5.97 Å². The van der Waals surface area contributed by atoms with Crippen LogP contribution in [0.3, 0.4) is 0 Å². The monoisotopic (exact) mass is 616 g/mol. The zero-order valence-electron chi connectivity index (χ0n) is 26.1. The lowest BCUT2D eigenvalue weighted by molar-refractivity contribution is -0.0238. The average molecular weight is 617 g/mol. The second-order valence-electron chi connectivity index (χ2n) is 12.4. The number of aliphatic hydroxyl groups excluding tert-OH is 2. The highest BCUT2D eigenvalue weighted by Crippen LogP contribution is 2.32. The lowest BCUT2D eigenvalue weighted by Gasteiger charge is -2.37. The maximum absolute atomic E-state index is 11.3. The Labute approximate surface area is 263 Å². The zero-order valence-corrected chi connectivity index (χ0v) is 26.9. The zero-order chi connectivity index (χ0) is 31.0. The number of carboxylic acid groups (broad SMARTS) is 1. The van der Waals surface area contributed by atoms with Crippen LogP contribution in [0.15, 0.2) is 54.6 Å². The summed E-state index contributed by atoms with van der Waals surface area (Å²) in [5.41, 5.74) is 1.47. The molecule has 3 N–H and O–H groups in total. The quantitative estimate of drug-likeness (QED) is 0.318. The summed E-state index contributed by atoms with van der Waals surface area (Å²) < 4.78 is 6.12. The standard InChI is InChI=1S/C28H48N2O3.C7H5ClO2/c1-23(33-22-24-12-7-6-8-13-24)16-19-30-18-11-17-29(2)21-28(32)26(20-30)25-14-9-4-3-5-10-15-27(25)31;8-6-3-1-5(2-4-6)7(9)10/h6-8,12-13,23,25-28,31-32H,3-5,9-11,14-22H2,1-2H3;1-4H,(H,9,10). The van der Waals surface area contributed by atoms with Crippen molar-refractivity contribution in [2.24, 2.45) is 11.8 Å². The summed E-state index contributed by atoms with van der Waals surface area (Å²) in [7, 11) is 2.12. The van der Waals surface area contributed by atoms with Crippen molar-refractivity contribution >= 4 is 17.6 Å². The Morgan fingerprint density at radius 3 is 2.26 bits per heavy atom. The van der Waals surface area contributed by atoms with Crippen molar-refractivity contribution in [3.05, 3.63) is 70.7 Å². The van der Waals surface area contributed by atoms with Crippen LogP contribution in [0, 0.1) is 11.8 Å². The summed E-state index contributed by atoms with van der Waals surface area (Å²) in [6.45, 7) is 7.44. The molecule has 4 rings (SSSR count). The Kier molecular flexibility index (Phi) is 16.0. The molecule has 1 aliphatic carbocycles. The number of rotatable bonds is 8. The predicted octanol–water partition coefficient (Wildman–Crippen LogP) is 6.36. The molecule has 43 heavy (non-hydrogen) atoms. The van der Waals surface area contributed by atoms with Gasteiger partial charge in [0, 0.05) is 30.6 Å². The molecule has 1 heterocycles. The first-order valence-electron chi connectivity index (χ1n) is 16.1. The van der Waals surface area contributed by atoms with E-state index in [-0.39, 0.29) is 35.7 Å². The SMILES string of the molecule is CC(CCN1CCCN(C)CC(O)C(C2CCCCCCCC2O)C1)OCc1ccccc1.O=C(O)c1ccc(Cl)cc1. The van der Waals surface area contributed by atoms with Gasteiger partial charge in [0.15, 0.2) is 0 Å². The first kappa shape index (κ1) is 35.5. The van der Waals surface area contributed by atoms with Crippen molar-refractivity contribution in [2.75, 3.05) is 39.8 Å². The second kappa shape index (κ2) is 19.4. The van der Waals surface area contributed by atoms with Crippen molar-refractivity contribution in [3.8, 4) is 0 Å². The molecule has 0 aromatic heterocycles. The highest BCUT2D eigenvalue weighted by molar-refractivity contribution is 6.30. The summed E-state index contributed by atoms with van der Waals surface area (Å²) in [5.74, 6) is -0.616. The fourth-order valence-corrected chi connectivity index (χ4v) is 6.39. The summed E-state index contributed by atoms with van der Waals surface area (Å²) in [6, 6.07) is 16.4. The maximum atomic E-state index is 11.3. The van der Waals surface area contributed by atoms with Crippen molar-refractivity contribution in [2.45, 2.75) is 89.6 Å². The molecule has 5 atom stereocenters. The number of hydrogen-bond donors (Lipinski definition) is 3. The smallest absolute Gasteiger partial charge is 0.335 e. The third-order valence-corrected chi connectivity index (χ3v) is 9.13. The number of aliphatic hydroxyl groups is 2. The summed E-state index contributed by atoms with van der Waals surface area (Å²) in [5, 5.41) is 31.3. The van der Waals surface area contributed by atoms with Crippen LogP contribution >= 0.6 is 11.6 Å². The van der Waals surface area contributed by atoms with Crippen molar-refractivity contribution in [1.82, 2.24) is 9.80 Å². The summed E-state index contributed by atoms with van der Waals surface area (Å²) in [6.07, 6.45) is 9.59. The molecule has 1 saturated heterocycles. The number of carbonyl (C=O) groups is 1. The van der Waals surface area contributed by atoms with Gasteiger partial charge in [0.05, 0.1) is 30.5 Å². The Bertz CT molecular complexity index is 1040. The Morgan fingerprint density at radius 2 is 1.56 bits per heavy atom. The first-order chi connectivity index (χ1) is 20.7. The Morgan fingerprint density at radius 1 is 0.884 bits per heavy atom. The maximum Gasteiger partial charge on any atom is 0.335 e. The van der Waals surface area contributed by atoms with Crippen molar-refractivity contribution in [3.63, 3.8) is 0 Å². The fourth-order valence-electron chi connectivity index (χ4n) is 6.27. The lowest BCUT2D eigenvalue weighted by atomic mass is 9.78. The minimum atomic E-state index is -0.934. The Balaban J connectivity index is 0.000000428. The van der Waals surface area contributed by atoms with Gasteiger partial charge in [0.2, 0.25) is 0 Å². The van der Waals surface area contributed by atoms with Crippen LogP contribution in [-0.4, -0.2) is 89.2 Å². The van der Waals surface area contributed by atoms with Crippen LogP contribution in [0.4, 0.5) is 0 Å². The van der Waals surface area contributed by atoms with E-state index in [9.17, 15) is 15.0 Å². The Hall–Kier alpha value is -2.00. The van der Waals surface area contributed by atoms with E-state index in [4.69, 9.17) is 21.4 Å². The molecule has 1 saturated carbocycles. The van der Waals surface area contributed by atoms with E-state index in [1.165, 1.54) is 43.4 Å². The molecule has 2 fully saturated rings. The molecule has 0 spiro atoms. The molecule has 2 aromatic carbocycles. The van der Waals surface area contributed by atoms with Crippen molar-refractivity contribution in [1.29, 1.82) is 0 Å². The van der Waals surface area contributed by atoms with Gasteiger partial charge in [-0.3, -0.25) is 0 Å². The molecule has 240 valence electrons. The number of aromatic carboxylic acids is 1. The number of ether oxygens (including phenoxy) is 1. The van der Waals surface area contributed by atoms with E-state index in [1.807, 2.05) is 6.07 Å². The number of hydrogen-bond acceptors (Lipinski definition) is 6. The molecule has 0 amide bonds. The van der Waals surface area contributed by atoms with Gasteiger partial charge in [-0.15, -0.1) is 0 Å². The largest absolute Gasteiger partial charge is 0.478 e. The topological polar surface area (TPSA) is 93.5 Å². The van der Waals surface area contributed by atoms with Crippen LogP contribution < -0.4 is 0 Å². The van der Waals surface area contributed by atoms with Gasteiger partial charge < -0.3 is 29.9 Å². The van der Waals surface area contributed by atoms with Gasteiger partial charge >= 0.3 is 5.97 Å². The molecule has 8 heteroatoms. The van der Waals surface area contributed by atoms with Gasteiger partial charge in [-0.2, -0.15) is 0 Å². The van der Waals surface area contributed by atoms with Crippen molar-refractivity contribution < 1.29 is 24.9 Å². The van der Waals surface area contributed by atoms with Gasteiger partial charge in [-0.1, -0.05) is 74.0 Å². The number of nitrogens with zero attached hydrogens (tertiary/aromatic N) is 2. The third-order valence-electron chi connectivity index (χ3n) is 8.88. The molecule has 2 aliphatic rings. The summed E-state index contributed by atoms with van der Waals surface area (Å²) in [4.78, 5) is 15.1. The molecular formula is C35H53ClN2O5. The molecule has 0 bridgehead atoms. The molecule has 1 aliphatic heterocycles. The van der Waals surface area contributed by atoms with E-state index in [0.717, 1.165) is 58.3 Å².